The normalized spacial score (nSPS) is 11.9. The third-order valence-electron chi connectivity index (χ3n) is 17.1. The molecule has 4 heterocycles. The van der Waals surface area contributed by atoms with Crippen LogP contribution < -0.4 is 9.80 Å². The molecule has 13 aromatic carbocycles. The molecular weight excluding hydrogens is 993 g/mol. The van der Waals surface area contributed by atoms with E-state index in [1.165, 1.54) is 121 Å². The quantitative estimate of drug-likeness (QED) is 0.136. The highest BCUT2D eigenvalue weighted by Gasteiger charge is 2.31. The van der Waals surface area contributed by atoms with Crippen molar-refractivity contribution in [2.75, 3.05) is 9.80 Å². The molecule has 0 spiro atoms. The van der Waals surface area contributed by atoms with Crippen LogP contribution in [0.5, 0.6) is 0 Å². The van der Waals surface area contributed by atoms with E-state index < -0.39 is 0 Å². The minimum Gasteiger partial charge on any atom is -0.310 e. The van der Waals surface area contributed by atoms with Gasteiger partial charge >= 0.3 is 0 Å². The Labute approximate surface area is 474 Å². The van der Waals surface area contributed by atoms with Gasteiger partial charge in [0.1, 0.15) is 0 Å². The fourth-order valence-corrected chi connectivity index (χ4v) is 13.6. The van der Waals surface area contributed by atoms with Gasteiger partial charge in [-0.2, -0.15) is 0 Å². The van der Waals surface area contributed by atoms with Crippen molar-refractivity contribution in [3.63, 3.8) is 0 Å². The summed E-state index contributed by atoms with van der Waals surface area (Å²) in [4.78, 5) is 4.80. The summed E-state index contributed by atoms with van der Waals surface area (Å²) in [5, 5.41) is 9.89. The van der Waals surface area contributed by atoms with Crippen LogP contribution in [0.2, 0.25) is 0 Å². The van der Waals surface area contributed by atoms with E-state index in [2.05, 4.69) is 322 Å². The average molecular weight is 1040 g/mol. The molecule has 0 bridgehead atoms. The maximum atomic E-state index is 2.63. The Morgan fingerprint density at radius 3 is 0.854 bits per heavy atom. The van der Waals surface area contributed by atoms with E-state index in [0.29, 0.717) is 0 Å². The molecule has 4 heteroatoms. The molecule has 0 radical (unpaired) electrons. The van der Waals surface area contributed by atoms with Crippen molar-refractivity contribution >= 4 is 110 Å². The van der Waals surface area contributed by atoms with Gasteiger partial charge in [-0.3, -0.25) is 0 Å². The molecule has 0 saturated heterocycles. The zero-order chi connectivity index (χ0) is 53.8. The molecular formula is C78H50N4. The molecule has 17 aromatic rings. The lowest BCUT2D eigenvalue weighted by atomic mass is 9.89. The van der Waals surface area contributed by atoms with E-state index in [9.17, 15) is 0 Å². The highest BCUT2D eigenvalue weighted by atomic mass is 15.1. The third kappa shape index (κ3) is 6.92. The first-order valence-corrected chi connectivity index (χ1v) is 28.3. The van der Waals surface area contributed by atoms with Crippen LogP contribution in [0.15, 0.2) is 303 Å². The topological polar surface area (TPSA) is 15.3 Å². The number of para-hydroxylation sites is 4. The molecule has 0 aliphatic heterocycles. The molecule has 4 nitrogen and oxygen atoms in total. The first-order chi connectivity index (χ1) is 40.7. The van der Waals surface area contributed by atoms with Crippen LogP contribution in [0.4, 0.5) is 34.1 Å². The number of aromatic nitrogens is 2. The standard InChI is InChI=1S/C78H50N4/c1-7-21-51(22-8-1)53-37-41-59(42-38-53)79(57-29-15-5-16-30-57)61-45-47-63-65-33-19-35-67-73-72(56-27-13-4-14-28-56)78-74(71(55-25-11-3-12-26-55)77(73)81(75(65)67)69(63)49-61)68-36-20-34-66-64-48-46-62(50-70(64)82(78)76(66)68)80(58-31-17-6-18-32-58)60-43-39-54(40-44-60)52-23-9-2-10-24-52/h1-50H. The van der Waals surface area contributed by atoms with E-state index in [1.54, 1.807) is 0 Å². The zero-order valence-corrected chi connectivity index (χ0v) is 44.7. The van der Waals surface area contributed by atoms with Gasteiger partial charge in [-0.15, -0.1) is 0 Å². The first-order valence-electron chi connectivity index (χ1n) is 28.3. The molecule has 82 heavy (non-hydrogen) atoms. The second kappa shape index (κ2) is 18.3. The predicted molar refractivity (Wildman–Crippen MR) is 347 cm³/mol. The van der Waals surface area contributed by atoms with Crippen LogP contribution in [0, 0.1) is 0 Å². The summed E-state index contributed by atoms with van der Waals surface area (Å²) >= 11 is 0. The van der Waals surface area contributed by atoms with Gasteiger partial charge in [0, 0.05) is 88.3 Å². The molecule has 17 rings (SSSR count). The van der Waals surface area contributed by atoms with Crippen LogP contribution in [0.3, 0.4) is 0 Å². The lowest BCUT2D eigenvalue weighted by Gasteiger charge is -2.26. The molecule has 0 N–H and O–H groups in total. The Hall–Kier alpha value is -10.9. The van der Waals surface area contributed by atoms with Gasteiger partial charge < -0.3 is 18.6 Å². The van der Waals surface area contributed by atoms with E-state index in [-0.39, 0.29) is 0 Å². The minimum absolute atomic E-state index is 1.09. The summed E-state index contributed by atoms with van der Waals surface area (Å²) in [7, 11) is 0. The van der Waals surface area contributed by atoms with Gasteiger partial charge in [0.15, 0.2) is 0 Å². The summed E-state index contributed by atoms with van der Waals surface area (Å²) in [6, 6.07) is 111. The van der Waals surface area contributed by atoms with Gasteiger partial charge in [0.05, 0.1) is 33.1 Å². The number of benzene rings is 13. The molecule has 0 aliphatic carbocycles. The highest BCUT2D eigenvalue weighted by molar-refractivity contribution is 6.38. The maximum absolute atomic E-state index is 2.63. The number of nitrogens with zero attached hydrogens (tertiary/aromatic N) is 4. The van der Waals surface area contributed by atoms with Crippen molar-refractivity contribution in [3.8, 4) is 44.5 Å². The van der Waals surface area contributed by atoms with Crippen LogP contribution in [-0.2, 0) is 0 Å². The average Bonchev–Trinajstić information content (AvgIpc) is 2.74. The summed E-state index contributed by atoms with van der Waals surface area (Å²) in [5.74, 6) is 0. The predicted octanol–water partition coefficient (Wildman–Crippen LogP) is 21.6. The van der Waals surface area contributed by atoms with Crippen molar-refractivity contribution < 1.29 is 0 Å². The molecule has 382 valence electrons. The number of rotatable bonds is 10. The molecule has 0 unspecified atom stereocenters. The fraction of sp³-hybridized carbons (Fsp3) is 0. The Bertz CT molecular complexity index is 4880. The molecule has 0 fully saturated rings. The Kier molecular flexibility index (Phi) is 10.3. The monoisotopic (exact) mass is 1040 g/mol. The van der Waals surface area contributed by atoms with Crippen molar-refractivity contribution in [2.45, 2.75) is 0 Å². The van der Waals surface area contributed by atoms with Crippen molar-refractivity contribution in [1.82, 2.24) is 8.80 Å². The van der Waals surface area contributed by atoms with E-state index in [0.717, 1.165) is 34.1 Å². The van der Waals surface area contributed by atoms with Gasteiger partial charge in [0.2, 0.25) is 0 Å². The summed E-state index contributed by atoms with van der Waals surface area (Å²) < 4.78 is 5.25. The van der Waals surface area contributed by atoms with Gasteiger partial charge in [-0.25, -0.2) is 0 Å². The van der Waals surface area contributed by atoms with Gasteiger partial charge in [-0.05, 0) is 106 Å². The smallest absolute Gasteiger partial charge is 0.0634 e. The first kappa shape index (κ1) is 46.0. The summed E-state index contributed by atoms with van der Waals surface area (Å²) in [5.41, 5.74) is 23.4. The Morgan fingerprint density at radius 2 is 0.488 bits per heavy atom. The second-order valence-electron chi connectivity index (χ2n) is 21.6. The van der Waals surface area contributed by atoms with Gasteiger partial charge in [0.25, 0.3) is 0 Å². The Morgan fingerprint density at radius 1 is 0.195 bits per heavy atom. The Balaban J connectivity index is 0.978. The molecule has 0 amide bonds. The third-order valence-corrected chi connectivity index (χ3v) is 17.1. The van der Waals surface area contributed by atoms with Crippen molar-refractivity contribution in [3.05, 3.63) is 303 Å². The van der Waals surface area contributed by atoms with E-state index in [1.807, 2.05) is 0 Å². The largest absolute Gasteiger partial charge is 0.310 e. The number of hydrogen-bond acceptors (Lipinski definition) is 2. The van der Waals surface area contributed by atoms with Crippen molar-refractivity contribution in [1.29, 1.82) is 0 Å². The maximum Gasteiger partial charge on any atom is 0.0634 e. The SMILES string of the molecule is c1ccc(-c2ccc(N(c3ccccc3)c3ccc4c5cccc6c7c(-c8ccccc8)c8c(c(-c9ccccc9)c7n(c4c3)c56)c3cccc4c5ccc(N(c6ccccc6)c6ccc(-c7ccccc7)cc6)cc5n8c43)cc2)cc1. The molecule has 0 saturated carbocycles. The van der Waals surface area contributed by atoms with Gasteiger partial charge in [-0.1, -0.05) is 231 Å². The van der Waals surface area contributed by atoms with E-state index in [4.69, 9.17) is 0 Å². The number of anilines is 6. The van der Waals surface area contributed by atoms with Crippen LogP contribution in [-0.4, -0.2) is 8.80 Å². The highest BCUT2D eigenvalue weighted by Crippen LogP contribution is 2.55. The molecule has 0 atom stereocenters. The number of hydrogen-bond donors (Lipinski definition) is 0. The van der Waals surface area contributed by atoms with Crippen LogP contribution in [0.25, 0.3) is 121 Å². The lowest BCUT2D eigenvalue weighted by molar-refractivity contribution is 1.28. The summed E-state index contributed by atoms with van der Waals surface area (Å²) in [6.07, 6.45) is 0. The van der Waals surface area contributed by atoms with Crippen LogP contribution >= 0.6 is 0 Å². The lowest BCUT2D eigenvalue weighted by Crippen LogP contribution is -2.09. The minimum atomic E-state index is 1.09. The van der Waals surface area contributed by atoms with Crippen LogP contribution in [0.1, 0.15) is 0 Å². The second-order valence-corrected chi connectivity index (χ2v) is 21.6. The molecule has 0 aliphatic rings. The summed E-state index contributed by atoms with van der Waals surface area (Å²) in [6.45, 7) is 0. The van der Waals surface area contributed by atoms with Crippen molar-refractivity contribution in [2.24, 2.45) is 0 Å². The zero-order valence-electron chi connectivity index (χ0n) is 44.7. The van der Waals surface area contributed by atoms with E-state index >= 15 is 0 Å². The molecule has 4 aromatic heterocycles. The number of fused-ring (bicyclic) bond motifs is 12. The fourth-order valence-electron chi connectivity index (χ4n) is 13.6.